The molecule has 0 radical (unpaired) electrons. The number of amides is 1. The summed E-state index contributed by atoms with van der Waals surface area (Å²) in [6, 6.07) is 12.3. The van der Waals surface area contributed by atoms with Crippen LogP contribution in [0.5, 0.6) is 0 Å². The van der Waals surface area contributed by atoms with Crippen molar-refractivity contribution >= 4 is 11.8 Å². The molecule has 6 heteroatoms. The van der Waals surface area contributed by atoms with Crippen molar-refractivity contribution in [3.63, 3.8) is 0 Å². The highest BCUT2D eigenvalue weighted by Crippen LogP contribution is 2.23. The Balaban J connectivity index is 1.61. The summed E-state index contributed by atoms with van der Waals surface area (Å²) < 4.78 is 10.5. The Kier molecular flexibility index (Phi) is 5.40. The predicted molar refractivity (Wildman–Crippen MR) is 96.7 cm³/mol. The summed E-state index contributed by atoms with van der Waals surface area (Å²) in [6.45, 7) is 3.98. The molecule has 2 unspecified atom stereocenters. The summed E-state index contributed by atoms with van der Waals surface area (Å²) in [5.41, 5.74) is 2.05. The molecule has 3 rings (SSSR count). The van der Waals surface area contributed by atoms with Crippen molar-refractivity contribution in [2.24, 2.45) is 0 Å². The fourth-order valence-corrected chi connectivity index (χ4v) is 3.00. The van der Waals surface area contributed by atoms with Crippen molar-refractivity contribution in [2.75, 3.05) is 38.7 Å². The molecule has 1 aliphatic heterocycles. The van der Waals surface area contributed by atoms with Crippen LogP contribution in [0.4, 0.5) is 10.5 Å². The van der Waals surface area contributed by atoms with Gasteiger partial charge in [-0.2, -0.15) is 0 Å². The van der Waals surface area contributed by atoms with E-state index < -0.39 is 0 Å². The van der Waals surface area contributed by atoms with Gasteiger partial charge in [-0.3, -0.25) is 9.80 Å². The third kappa shape index (κ3) is 4.03. The Labute approximate surface area is 148 Å². The zero-order chi connectivity index (χ0) is 17.8. The average molecular weight is 343 g/mol. The van der Waals surface area contributed by atoms with Gasteiger partial charge in [-0.05, 0) is 50.8 Å². The number of benzene rings is 1. The number of anilines is 1. The number of cyclic esters (lactones) is 1. The molecule has 1 N–H and O–H groups in total. The van der Waals surface area contributed by atoms with E-state index in [2.05, 4.69) is 29.3 Å². The first-order valence-corrected chi connectivity index (χ1v) is 8.53. The van der Waals surface area contributed by atoms with E-state index in [9.17, 15) is 4.79 Å². The van der Waals surface area contributed by atoms with Gasteiger partial charge in [-0.15, -0.1) is 0 Å². The number of nitrogens with one attached hydrogen (secondary N) is 1. The van der Waals surface area contributed by atoms with Crippen LogP contribution in [-0.2, 0) is 4.74 Å². The van der Waals surface area contributed by atoms with Crippen molar-refractivity contribution in [1.82, 2.24) is 10.2 Å². The fourth-order valence-electron chi connectivity index (χ4n) is 3.00. The molecule has 134 valence electrons. The Morgan fingerprint density at radius 1 is 1.24 bits per heavy atom. The number of carbonyl (C=O) groups excluding carboxylic acids is 1. The average Bonchev–Trinajstić information content (AvgIpc) is 3.26. The maximum absolute atomic E-state index is 11.6. The van der Waals surface area contributed by atoms with E-state index in [1.807, 2.05) is 38.4 Å². The second-order valence-electron chi connectivity index (χ2n) is 6.48. The molecule has 1 saturated heterocycles. The maximum Gasteiger partial charge on any atom is 0.414 e. The van der Waals surface area contributed by atoms with E-state index in [1.54, 1.807) is 11.2 Å². The molecule has 1 aliphatic rings. The number of hydrogen-bond donors (Lipinski definition) is 1. The molecular weight excluding hydrogens is 318 g/mol. The van der Waals surface area contributed by atoms with Crippen LogP contribution in [0.1, 0.15) is 30.3 Å². The largest absolute Gasteiger partial charge is 0.468 e. The van der Waals surface area contributed by atoms with Gasteiger partial charge in [0, 0.05) is 18.3 Å². The van der Waals surface area contributed by atoms with Crippen LogP contribution in [0.25, 0.3) is 0 Å². The molecule has 1 fully saturated rings. The van der Waals surface area contributed by atoms with E-state index in [1.165, 1.54) is 5.56 Å². The van der Waals surface area contributed by atoms with Crippen molar-refractivity contribution in [1.29, 1.82) is 0 Å². The fraction of sp³-hybridized carbons (Fsp3) is 0.421. The molecule has 0 spiro atoms. The quantitative estimate of drug-likeness (QED) is 0.837. The van der Waals surface area contributed by atoms with Crippen molar-refractivity contribution < 1.29 is 13.9 Å². The lowest BCUT2D eigenvalue weighted by Crippen LogP contribution is -2.32. The first-order valence-electron chi connectivity index (χ1n) is 8.53. The van der Waals surface area contributed by atoms with Crippen molar-refractivity contribution in [2.45, 2.75) is 19.0 Å². The minimum absolute atomic E-state index is 0.177. The van der Waals surface area contributed by atoms with Crippen LogP contribution < -0.4 is 10.2 Å². The highest BCUT2D eigenvalue weighted by atomic mass is 16.6. The number of hydrogen-bond acceptors (Lipinski definition) is 5. The minimum atomic E-state index is -0.272. The summed E-state index contributed by atoms with van der Waals surface area (Å²) in [5.74, 6) is 0.951. The molecule has 0 saturated carbocycles. The van der Waals surface area contributed by atoms with Crippen molar-refractivity contribution in [3.8, 4) is 0 Å². The second-order valence-corrected chi connectivity index (χ2v) is 6.48. The number of rotatable bonds is 7. The summed E-state index contributed by atoms with van der Waals surface area (Å²) in [6.07, 6.45) is 1.43. The van der Waals surface area contributed by atoms with Crippen LogP contribution in [-0.4, -0.2) is 44.8 Å². The SMILES string of the molecule is CC(NCC(c1ccco1)N(C)C)c1ccc(N2CCOC2=O)cc1. The van der Waals surface area contributed by atoms with Gasteiger partial charge < -0.3 is 14.5 Å². The Hall–Kier alpha value is -2.31. The monoisotopic (exact) mass is 343 g/mol. The van der Waals surface area contributed by atoms with Crippen LogP contribution in [0, 0.1) is 0 Å². The van der Waals surface area contributed by atoms with Gasteiger partial charge in [0.1, 0.15) is 12.4 Å². The third-order valence-electron chi connectivity index (χ3n) is 4.58. The van der Waals surface area contributed by atoms with E-state index >= 15 is 0 Å². The number of likely N-dealkylation sites (N-methyl/N-ethyl adjacent to an activating group) is 1. The second kappa shape index (κ2) is 7.72. The summed E-state index contributed by atoms with van der Waals surface area (Å²) in [7, 11) is 4.09. The highest BCUT2D eigenvalue weighted by Gasteiger charge is 2.23. The highest BCUT2D eigenvalue weighted by molar-refractivity contribution is 5.89. The minimum Gasteiger partial charge on any atom is -0.468 e. The lowest BCUT2D eigenvalue weighted by atomic mass is 10.1. The van der Waals surface area contributed by atoms with Gasteiger partial charge in [-0.25, -0.2) is 4.79 Å². The Bertz CT molecular complexity index is 682. The molecule has 2 atom stereocenters. The first-order chi connectivity index (χ1) is 12.1. The zero-order valence-corrected chi connectivity index (χ0v) is 14.9. The number of carbonyl (C=O) groups is 1. The molecular formula is C19H25N3O3. The lowest BCUT2D eigenvalue weighted by Gasteiger charge is -2.25. The molecule has 6 nitrogen and oxygen atoms in total. The molecule has 2 heterocycles. The standard InChI is InChI=1S/C19H25N3O3/c1-14(20-13-17(21(2)3)18-5-4-11-24-18)15-6-8-16(9-7-15)22-10-12-25-19(22)23/h4-9,11,14,17,20H,10,12-13H2,1-3H3. The first kappa shape index (κ1) is 17.5. The molecule has 0 bridgehead atoms. The van der Waals surface area contributed by atoms with Crippen LogP contribution in [0.15, 0.2) is 47.1 Å². The topological polar surface area (TPSA) is 58.0 Å². The summed E-state index contributed by atoms with van der Waals surface area (Å²) >= 11 is 0. The summed E-state index contributed by atoms with van der Waals surface area (Å²) in [5, 5.41) is 3.56. The Morgan fingerprint density at radius 2 is 2.00 bits per heavy atom. The van der Waals surface area contributed by atoms with Crippen LogP contribution >= 0.6 is 0 Å². The number of ether oxygens (including phenoxy) is 1. The number of furan rings is 1. The van der Waals surface area contributed by atoms with E-state index in [0.717, 1.165) is 18.0 Å². The predicted octanol–water partition coefficient (Wildman–Crippen LogP) is 3.19. The van der Waals surface area contributed by atoms with E-state index in [-0.39, 0.29) is 18.2 Å². The van der Waals surface area contributed by atoms with Gasteiger partial charge in [0.2, 0.25) is 0 Å². The number of nitrogens with zero attached hydrogens (tertiary/aromatic N) is 2. The molecule has 1 aromatic carbocycles. The smallest absolute Gasteiger partial charge is 0.414 e. The van der Waals surface area contributed by atoms with Crippen molar-refractivity contribution in [3.05, 3.63) is 54.0 Å². The molecule has 25 heavy (non-hydrogen) atoms. The van der Waals surface area contributed by atoms with Crippen LogP contribution in [0.3, 0.4) is 0 Å². The van der Waals surface area contributed by atoms with Gasteiger partial charge >= 0.3 is 6.09 Å². The van der Waals surface area contributed by atoms with E-state index in [4.69, 9.17) is 9.15 Å². The molecule has 2 aromatic rings. The molecule has 1 amide bonds. The normalized spacial score (nSPS) is 17.0. The van der Waals surface area contributed by atoms with Gasteiger partial charge in [0.05, 0.1) is 18.8 Å². The zero-order valence-electron chi connectivity index (χ0n) is 14.9. The van der Waals surface area contributed by atoms with Gasteiger partial charge in [0.15, 0.2) is 0 Å². The van der Waals surface area contributed by atoms with Crippen LogP contribution in [0.2, 0.25) is 0 Å². The summed E-state index contributed by atoms with van der Waals surface area (Å²) in [4.78, 5) is 15.4. The molecule has 0 aliphatic carbocycles. The third-order valence-corrected chi connectivity index (χ3v) is 4.58. The lowest BCUT2D eigenvalue weighted by molar-refractivity contribution is 0.181. The molecule has 1 aromatic heterocycles. The Morgan fingerprint density at radius 3 is 2.56 bits per heavy atom. The van der Waals surface area contributed by atoms with E-state index in [0.29, 0.717) is 13.2 Å². The maximum atomic E-state index is 11.6. The van der Waals surface area contributed by atoms with Gasteiger partial charge in [-0.1, -0.05) is 12.1 Å². The van der Waals surface area contributed by atoms with Gasteiger partial charge in [0.25, 0.3) is 0 Å².